The fourth-order valence-corrected chi connectivity index (χ4v) is 3.41. The summed E-state index contributed by atoms with van der Waals surface area (Å²) in [5.74, 6) is 0. The van der Waals surface area contributed by atoms with Crippen LogP contribution < -0.4 is 0 Å². The lowest BCUT2D eigenvalue weighted by atomic mass is 9.99. The molecule has 0 amide bonds. The molecule has 92 valence electrons. The molecule has 0 spiro atoms. The number of hydrogen-bond donors (Lipinski definition) is 1. The van der Waals surface area contributed by atoms with Crippen molar-refractivity contribution in [3.8, 4) is 0 Å². The largest absolute Gasteiger partial charge is 0.393 e. The second kappa shape index (κ2) is 4.56. The molecule has 3 rings (SSSR count). The van der Waals surface area contributed by atoms with Gasteiger partial charge >= 0.3 is 0 Å². The van der Waals surface area contributed by atoms with E-state index in [1.807, 2.05) is 6.07 Å². The summed E-state index contributed by atoms with van der Waals surface area (Å²) in [4.78, 5) is 6.52. The van der Waals surface area contributed by atoms with Gasteiger partial charge in [0.25, 0.3) is 0 Å². The topological polar surface area (TPSA) is 36.4 Å². The Hall–Kier alpha value is -0.640. The number of aliphatic hydroxyl groups excluding tert-OH is 1. The number of aliphatic hydroxyl groups is 1. The molecule has 4 heteroatoms. The van der Waals surface area contributed by atoms with E-state index < -0.39 is 0 Å². The highest BCUT2D eigenvalue weighted by Crippen LogP contribution is 2.37. The lowest BCUT2D eigenvalue weighted by molar-refractivity contribution is 0.0310. The van der Waals surface area contributed by atoms with Crippen LogP contribution in [0.15, 0.2) is 18.5 Å². The molecule has 1 aromatic heterocycles. The number of pyridine rings is 1. The third kappa shape index (κ3) is 2.19. The van der Waals surface area contributed by atoms with Gasteiger partial charge in [0.15, 0.2) is 0 Å². The van der Waals surface area contributed by atoms with Crippen molar-refractivity contribution in [1.29, 1.82) is 0 Å². The number of nitrogens with zero attached hydrogens (tertiary/aromatic N) is 2. The Morgan fingerprint density at radius 1 is 1.35 bits per heavy atom. The summed E-state index contributed by atoms with van der Waals surface area (Å²) < 4.78 is 0. The van der Waals surface area contributed by atoms with E-state index in [-0.39, 0.29) is 6.10 Å². The maximum absolute atomic E-state index is 9.77. The summed E-state index contributed by atoms with van der Waals surface area (Å²) in [6, 6.07) is 3.06. The van der Waals surface area contributed by atoms with Gasteiger partial charge in [0, 0.05) is 31.0 Å². The first-order valence-electron chi connectivity index (χ1n) is 6.26. The van der Waals surface area contributed by atoms with E-state index in [1.54, 1.807) is 12.4 Å². The van der Waals surface area contributed by atoms with Gasteiger partial charge in [-0.3, -0.25) is 9.88 Å². The molecule has 0 saturated carbocycles. The van der Waals surface area contributed by atoms with E-state index in [2.05, 4.69) is 9.88 Å². The number of fused-ring (bicyclic) bond motifs is 2. The maximum atomic E-state index is 9.77. The summed E-state index contributed by atoms with van der Waals surface area (Å²) in [6.07, 6.45) is 7.66. The number of aromatic nitrogens is 1. The summed E-state index contributed by atoms with van der Waals surface area (Å²) in [5.41, 5.74) is 1.15. The summed E-state index contributed by atoms with van der Waals surface area (Å²) >= 11 is 6.15. The van der Waals surface area contributed by atoms with E-state index in [4.69, 9.17) is 11.6 Å². The average molecular weight is 253 g/mol. The third-order valence-corrected chi connectivity index (χ3v) is 4.41. The van der Waals surface area contributed by atoms with Crippen molar-refractivity contribution in [3.63, 3.8) is 0 Å². The van der Waals surface area contributed by atoms with E-state index in [0.717, 1.165) is 30.0 Å². The van der Waals surface area contributed by atoms with Crippen LogP contribution in [0.2, 0.25) is 5.02 Å². The molecule has 2 bridgehead atoms. The van der Waals surface area contributed by atoms with Crippen molar-refractivity contribution in [1.82, 2.24) is 9.88 Å². The van der Waals surface area contributed by atoms with Crippen LogP contribution in [0.5, 0.6) is 0 Å². The van der Waals surface area contributed by atoms with Crippen LogP contribution in [0, 0.1) is 0 Å². The molecule has 0 aliphatic carbocycles. The van der Waals surface area contributed by atoms with Gasteiger partial charge in [-0.05, 0) is 37.3 Å². The minimum absolute atomic E-state index is 0.100. The lowest BCUT2D eigenvalue weighted by Crippen LogP contribution is -2.44. The van der Waals surface area contributed by atoms with Gasteiger partial charge in [-0.1, -0.05) is 11.6 Å². The Morgan fingerprint density at radius 3 is 2.71 bits per heavy atom. The smallest absolute Gasteiger partial charge is 0.0634 e. The Balaban J connectivity index is 1.76. The zero-order chi connectivity index (χ0) is 11.8. The van der Waals surface area contributed by atoms with E-state index in [0.29, 0.717) is 12.1 Å². The molecule has 2 atom stereocenters. The second-order valence-corrected chi connectivity index (χ2v) is 5.56. The quantitative estimate of drug-likeness (QED) is 0.877. The summed E-state index contributed by atoms with van der Waals surface area (Å²) in [6.45, 7) is 0.892. The molecule has 2 fully saturated rings. The van der Waals surface area contributed by atoms with Crippen LogP contribution in [0.25, 0.3) is 0 Å². The first kappa shape index (κ1) is 11.5. The fourth-order valence-electron chi connectivity index (χ4n) is 3.23. The number of halogens is 1. The second-order valence-electron chi connectivity index (χ2n) is 5.15. The molecule has 2 unspecified atom stereocenters. The molecule has 1 aromatic rings. The van der Waals surface area contributed by atoms with Crippen molar-refractivity contribution >= 4 is 11.6 Å². The first-order chi connectivity index (χ1) is 8.24. The van der Waals surface area contributed by atoms with Crippen LogP contribution in [0.4, 0.5) is 0 Å². The van der Waals surface area contributed by atoms with Crippen molar-refractivity contribution in [2.24, 2.45) is 0 Å². The Bertz CT molecular complexity index is 398. The van der Waals surface area contributed by atoms with Gasteiger partial charge < -0.3 is 5.11 Å². The zero-order valence-corrected chi connectivity index (χ0v) is 10.5. The highest BCUT2D eigenvalue weighted by Gasteiger charge is 2.39. The minimum atomic E-state index is -0.100. The monoisotopic (exact) mass is 252 g/mol. The van der Waals surface area contributed by atoms with Gasteiger partial charge in [0.05, 0.1) is 11.1 Å². The van der Waals surface area contributed by atoms with Crippen LogP contribution in [0.3, 0.4) is 0 Å². The van der Waals surface area contributed by atoms with Gasteiger partial charge in [-0.2, -0.15) is 0 Å². The third-order valence-electron chi connectivity index (χ3n) is 4.07. The highest BCUT2D eigenvalue weighted by molar-refractivity contribution is 6.31. The molecular weight excluding hydrogens is 236 g/mol. The molecule has 1 N–H and O–H groups in total. The average Bonchev–Trinajstić information content (AvgIpc) is 2.56. The van der Waals surface area contributed by atoms with Crippen molar-refractivity contribution in [3.05, 3.63) is 29.0 Å². The highest BCUT2D eigenvalue weighted by atomic mass is 35.5. The van der Waals surface area contributed by atoms with E-state index in [1.165, 1.54) is 12.8 Å². The normalized spacial score (nSPS) is 32.9. The van der Waals surface area contributed by atoms with Crippen molar-refractivity contribution < 1.29 is 5.11 Å². The van der Waals surface area contributed by atoms with Crippen molar-refractivity contribution in [2.75, 3.05) is 0 Å². The number of rotatable bonds is 2. The molecule has 2 aliphatic rings. The molecular formula is C13H17ClN2O. The predicted octanol–water partition coefficient (Wildman–Crippen LogP) is 2.22. The minimum Gasteiger partial charge on any atom is -0.393 e. The van der Waals surface area contributed by atoms with Gasteiger partial charge in [0.2, 0.25) is 0 Å². The molecule has 3 nitrogen and oxygen atoms in total. The van der Waals surface area contributed by atoms with Crippen LogP contribution in [0.1, 0.15) is 31.2 Å². The number of hydrogen-bond acceptors (Lipinski definition) is 3. The van der Waals surface area contributed by atoms with Gasteiger partial charge in [0.1, 0.15) is 0 Å². The Morgan fingerprint density at radius 2 is 2.06 bits per heavy atom. The Labute approximate surface area is 106 Å². The van der Waals surface area contributed by atoms with Crippen LogP contribution in [-0.2, 0) is 6.54 Å². The molecule has 17 heavy (non-hydrogen) atoms. The molecule has 2 aliphatic heterocycles. The molecule has 0 aromatic carbocycles. The van der Waals surface area contributed by atoms with E-state index in [9.17, 15) is 5.11 Å². The first-order valence-corrected chi connectivity index (χ1v) is 6.64. The molecule has 2 saturated heterocycles. The van der Waals surface area contributed by atoms with Gasteiger partial charge in [-0.25, -0.2) is 0 Å². The zero-order valence-electron chi connectivity index (χ0n) is 9.72. The molecule has 3 heterocycles. The van der Waals surface area contributed by atoms with E-state index >= 15 is 0 Å². The fraction of sp³-hybridized carbons (Fsp3) is 0.615. The Kier molecular flexibility index (Phi) is 3.07. The predicted molar refractivity (Wildman–Crippen MR) is 66.8 cm³/mol. The van der Waals surface area contributed by atoms with Crippen LogP contribution >= 0.6 is 11.6 Å². The lowest BCUT2D eigenvalue weighted by Gasteiger charge is -2.37. The van der Waals surface area contributed by atoms with Crippen molar-refractivity contribution in [2.45, 2.75) is 50.4 Å². The maximum Gasteiger partial charge on any atom is 0.0634 e. The SMILES string of the molecule is OC1CC2CCC(C1)N2Cc1ccncc1Cl. The van der Waals surface area contributed by atoms with Gasteiger partial charge in [-0.15, -0.1) is 0 Å². The number of piperidine rings is 1. The summed E-state index contributed by atoms with van der Waals surface area (Å²) in [5, 5.41) is 10.5. The van der Waals surface area contributed by atoms with Crippen LogP contribution in [-0.4, -0.2) is 33.2 Å². The summed E-state index contributed by atoms with van der Waals surface area (Å²) in [7, 11) is 0. The molecule has 0 radical (unpaired) electrons. The standard InChI is InChI=1S/C13H17ClN2O/c14-13-7-15-4-3-9(13)8-16-10-1-2-11(16)6-12(17)5-10/h3-4,7,10-12,17H,1-2,5-6,8H2.